The van der Waals surface area contributed by atoms with Gasteiger partial charge in [0.15, 0.2) is 0 Å². The van der Waals surface area contributed by atoms with Crippen LogP contribution in [0, 0.1) is 0 Å². The van der Waals surface area contributed by atoms with Gasteiger partial charge in [0.1, 0.15) is 5.75 Å². The molecule has 5 nitrogen and oxygen atoms in total. The Morgan fingerprint density at radius 1 is 0.939 bits per heavy atom. The molecule has 1 aliphatic rings. The van der Waals surface area contributed by atoms with E-state index in [1.54, 1.807) is 6.07 Å². The third-order valence-corrected chi connectivity index (χ3v) is 6.54. The van der Waals surface area contributed by atoms with Crippen LogP contribution < -0.4 is 15.0 Å². The summed E-state index contributed by atoms with van der Waals surface area (Å²) in [5.41, 5.74) is 3.24. The molecular weight excluding hydrogens is 481 g/mol. The third-order valence-electron chi connectivity index (χ3n) is 5.67. The summed E-state index contributed by atoms with van der Waals surface area (Å²) in [5.74, 6) is -0.0398. The van der Waals surface area contributed by atoms with Crippen molar-refractivity contribution in [2.75, 3.05) is 43.5 Å². The van der Waals surface area contributed by atoms with Crippen molar-refractivity contribution in [1.29, 1.82) is 0 Å². The molecule has 172 valence electrons. The van der Waals surface area contributed by atoms with Crippen LogP contribution in [-0.4, -0.2) is 44.1 Å². The Kier molecular flexibility index (Phi) is 7.66. The van der Waals surface area contributed by atoms with Crippen LogP contribution in [0.15, 0.2) is 60.7 Å². The van der Waals surface area contributed by atoms with E-state index < -0.39 is 0 Å². The van der Waals surface area contributed by atoms with E-state index in [0.717, 1.165) is 49.0 Å². The number of piperazine rings is 1. The third kappa shape index (κ3) is 5.74. The maximum Gasteiger partial charge on any atom is 0.259 e. The summed E-state index contributed by atoms with van der Waals surface area (Å²) in [6.45, 7) is 4.62. The summed E-state index contributed by atoms with van der Waals surface area (Å²) < 4.78 is 5.27. The number of hydrogen-bond donors (Lipinski definition) is 1. The average Bonchev–Trinajstić information content (AvgIpc) is 2.81. The SMILES string of the molecule is COc1c(Cl)cc(Cl)cc1C(=O)Nc1ccc(N2CCN(Cc3ccccc3Cl)CC2)cc1. The summed E-state index contributed by atoms with van der Waals surface area (Å²) in [4.78, 5) is 17.5. The number of ether oxygens (including phenoxy) is 1. The van der Waals surface area contributed by atoms with Crippen LogP contribution in [0.1, 0.15) is 15.9 Å². The van der Waals surface area contributed by atoms with Crippen molar-refractivity contribution >= 4 is 52.1 Å². The van der Waals surface area contributed by atoms with Gasteiger partial charge in [-0.1, -0.05) is 53.0 Å². The molecule has 33 heavy (non-hydrogen) atoms. The molecule has 4 rings (SSSR count). The van der Waals surface area contributed by atoms with Crippen LogP contribution in [0.3, 0.4) is 0 Å². The highest BCUT2D eigenvalue weighted by molar-refractivity contribution is 6.36. The molecule has 0 aliphatic carbocycles. The molecule has 8 heteroatoms. The van der Waals surface area contributed by atoms with Gasteiger partial charge in [-0.05, 0) is 48.0 Å². The summed E-state index contributed by atoms with van der Waals surface area (Å²) in [7, 11) is 1.47. The Hall–Kier alpha value is -2.44. The Morgan fingerprint density at radius 2 is 1.64 bits per heavy atom. The molecule has 0 aromatic heterocycles. The molecule has 1 N–H and O–H groups in total. The van der Waals surface area contributed by atoms with Gasteiger partial charge in [0, 0.05) is 54.1 Å². The molecular formula is C25H24Cl3N3O2. The fraction of sp³-hybridized carbons (Fsp3) is 0.240. The lowest BCUT2D eigenvalue weighted by molar-refractivity contribution is 0.102. The number of anilines is 2. The van der Waals surface area contributed by atoms with Crippen LogP contribution >= 0.6 is 34.8 Å². The Balaban J connectivity index is 1.36. The number of nitrogens with zero attached hydrogens (tertiary/aromatic N) is 2. The average molecular weight is 505 g/mol. The maximum atomic E-state index is 12.8. The molecule has 1 saturated heterocycles. The van der Waals surface area contributed by atoms with E-state index in [1.165, 1.54) is 13.2 Å². The van der Waals surface area contributed by atoms with Gasteiger partial charge < -0.3 is 15.0 Å². The van der Waals surface area contributed by atoms with Gasteiger partial charge in [0.25, 0.3) is 5.91 Å². The van der Waals surface area contributed by atoms with E-state index in [9.17, 15) is 4.79 Å². The van der Waals surface area contributed by atoms with Gasteiger partial charge in [0.2, 0.25) is 0 Å². The molecule has 0 atom stereocenters. The van der Waals surface area contributed by atoms with Gasteiger partial charge in [-0.3, -0.25) is 9.69 Å². The van der Waals surface area contributed by atoms with Crippen molar-refractivity contribution in [3.8, 4) is 5.75 Å². The van der Waals surface area contributed by atoms with Crippen LogP contribution in [0.25, 0.3) is 0 Å². The molecule has 0 spiro atoms. The lowest BCUT2D eigenvalue weighted by atomic mass is 10.1. The smallest absolute Gasteiger partial charge is 0.259 e. The van der Waals surface area contributed by atoms with E-state index >= 15 is 0 Å². The molecule has 1 heterocycles. The quantitative estimate of drug-likeness (QED) is 0.432. The Bertz CT molecular complexity index is 1130. The zero-order valence-corrected chi connectivity index (χ0v) is 20.4. The molecule has 0 bridgehead atoms. The van der Waals surface area contributed by atoms with Crippen LogP contribution in [-0.2, 0) is 6.54 Å². The van der Waals surface area contributed by atoms with Crippen molar-refractivity contribution in [3.63, 3.8) is 0 Å². The van der Waals surface area contributed by atoms with Gasteiger partial charge in [-0.15, -0.1) is 0 Å². The van der Waals surface area contributed by atoms with Crippen molar-refractivity contribution in [1.82, 2.24) is 4.90 Å². The lowest BCUT2D eigenvalue weighted by Crippen LogP contribution is -2.46. The minimum atomic E-state index is -0.336. The standard InChI is InChI=1S/C25H24Cl3N3O2/c1-33-24-21(14-18(26)15-23(24)28)25(32)29-19-6-8-20(9-7-19)31-12-10-30(11-13-31)16-17-4-2-3-5-22(17)27/h2-9,14-15H,10-13,16H2,1H3,(H,29,32). The molecule has 0 radical (unpaired) electrons. The van der Waals surface area contributed by atoms with Crippen LogP contribution in [0.4, 0.5) is 11.4 Å². The summed E-state index contributed by atoms with van der Waals surface area (Å²) >= 11 is 18.5. The van der Waals surface area contributed by atoms with E-state index in [2.05, 4.69) is 21.2 Å². The zero-order chi connectivity index (χ0) is 23.4. The monoisotopic (exact) mass is 503 g/mol. The molecule has 3 aromatic rings. The molecule has 1 aliphatic heterocycles. The number of rotatable bonds is 6. The fourth-order valence-electron chi connectivity index (χ4n) is 3.92. The second-order valence-electron chi connectivity index (χ2n) is 7.82. The van der Waals surface area contributed by atoms with Crippen LogP contribution in [0.2, 0.25) is 15.1 Å². The summed E-state index contributed by atoms with van der Waals surface area (Å²) in [5, 5.41) is 4.36. The number of hydrogen-bond acceptors (Lipinski definition) is 4. The van der Waals surface area contributed by atoms with E-state index in [4.69, 9.17) is 39.5 Å². The minimum absolute atomic E-state index is 0.286. The Labute approximate surface area is 208 Å². The van der Waals surface area contributed by atoms with Gasteiger partial charge in [-0.2, -0.15) is 0 Å². The van der Waals surface area contributed by atoms with Gasteiger partial charge in [-0.25, -0.2) is 0 Å². The maximum absolute atomic E-state index is 12.8. The first-order chi connectivity index (χ1) is 15.9. The van der Waals surface area contributed by atoms with E-state index in [0.29, 0.717) is 21.5 Å². The first-order valence-electron chi connectivity index (χ1n) is 10.6. The van der Waals surface area contributed by atoms with Crippen LogP contribution in [0.5, 0.6) is 5.75 Å². The topological polar surface area (TPSA) is 44.8 Å². The molecule has 1 fully saturated rings. The highest BCUT2D eigenvalue weighted by atomic mass is 35.5. The molecule has 1 amide bonds. The van der Waals surface area contributed by atoms with Crippen molar-refractivity contribution in [3.05, 3.63) is 86.9 Å². The van der Waals surface area contributed by atoms with Crippen molar-refractivity contribution < 1.29 is 9.53 Å². The zero-order valence-electron chi connectivity index (χ0n) is 18.2. The fourth-order valence-corrected chi connectivity index (χ4v) is 4.69. The Morgan fingerprint density at radius 3 is 2.30 bits per heavy atom. The largest absolute Gasteiger partial charge is 0.494 e. The summed E-state index contributed by atoms with van der Waals surface area (Å²) in [6.07, 6.45) is 0. The predicted molar refractivity (Wildman–Crippen MR) is 136 cm³/mol. The van der Waals surface area contributed by atoms with E-state index in [1.807, 2.05) is 42.5 Å². The lowest BCUT2D eigenvalue weighted by Gasteiger charge is -2.36. The highest BCUT2D eigenvalue weighted by Gasteiger charge is 2.19. The number of halogens is 3. The van der Waals surface area contributed by atoms with Crippen molar-refractivity contribution in [2.45, 2.75) is 6.54 Å². The molecule has 3 aromatic carbocycles. The number of benzene rings is 3. The highest BCUT2D eigenvalue weighted by Crippen LogP contribution is 2.33. The van der Waals surface area contributed by atoms with E-state index in [-0.39, 0.29) is 11.5 Å². The minimum Gasteiger partial charge on any atom is -0.494 e. The first kappa shape index (κ1) is 23.7. The normalized spacial score (nSPS) is 14.2. The number of carbonyl (C=O) groups is 1. The first-order valence-corrected chi connectivity index (χ1v) is 11.7. The second-order valence-corrected chi connectivity index (χ2v) is 9.07. The van der Waals surface area contributed by atoms with Gasteiger partial charge in [0.05, 0.1) is 17.7 Å². The van der Waals surface area contributed by atoms with Gasteiger partial charge >= 0.3 is 0 Å². The number of carbonyl (C=O) groups excluding carboxylic acids is 1. The summed E-state index contributed by atoms with van der Waals surface area (Å²) in [6, 6.07) is 18.9. The number of amides is 1. The molecule has 0 saturated carbocycles. The molecule has 0 unspecified atom stereocenters. The van der Waals surface area contributed by atoms with Crippen molar-refractivity contribution in [2.24, 2.45) is 0 Å². The number of nitrogens with one attached hydrogen (secondary N) is 1. The predicted octanol–water partition coefficient (Wildman–Crippen LogP) is 6.23. The second kappa shape index (κ2) is 10.7. The number of methoxy groups -OCH3 is 1.